The van der Waals surface area contributed by atoms with E-state index in [0.29, 0.717) is 42.0 Å². The lowest BCUT2D eigenvalue weighted by Crippen LogP contribution is -2.37. The normalized spacial score (nSPS) is 16.2. The minimum absolute atomic E-state index is 0.258. The maximum absolute atomic E-state index is 13.9. The number of morpholine rings is 1. The Morgan fingerprint density at radius 1 is 1.16 bits per heavy atom. The Bertz CT molecular complexity index is 1120. The Balaban J connectivity index is 1.38. The third-order valence-electron chi connectivity index (χ3n) is 5.98. The van der Waals surface area contributed by atoms with E-state index in [9.17, 15) is 9.18 Å². The zero-order valence-corrected chi connectivity index (χ0v) is 18.1. The van der Waals surface area contributed by atoms with Crippen molar-refractivity contribution in [2.75, 3.05) is 36.5 Å². The van der Waals surface area contributed by atoms with Crippen LogP contribution in [0.1, 0.15) is 28.9 Å². The number of nitrogens with zero attached hydrogens (tertiary/aromatic N) is 4. The van der Waals surface area contributed by atoms with Crippen LogP contribution in [-0.4, -0.2) is 46.7 Å². The molecule has 1 amide bonds. The van der Waals surface area contributed by atoms with Crippen molar-refractivity contribution in [3.8, 4) is 11.1 Å². The SMILES string of the molecule is Cc1ccc(NC(=O)c2cc(-c3cnc(N4CCOCC4)nc3)cn2CC2CC2)cc1F. The van der Waals surface area contributed by atoms with Crippen LogP contribution >= 0.6 is 0 Å². The van der Waals surface area contributed by atoms with E-state index < -0.39 is 0 Å². The third-order valence-corrected chi connectivity index (χ3v) is 5.98. The molecule has 7 nitrogen and oxygen atoms in total. The summed E-state index contributed by atoms with van der Waals surface area (Å²) >= 11 is 0. The number of hydrogen-bond donors (Lipinski definition) is 1. The number of carbonyl (C=O) groups excluding carboxylic acids is 1. The standard InChI is InChI=1S/C24H26FN5O2/c1-16-2-5-20(11-21(16)25)28-23(31)22-10-18(15-30(22)14-17-3-4-17)19-12-26-24(27-13-19)29-6-8-32-9-7-29/h2,5,10-13,15,17H,3-4,6-9,14H2,1H3,(H,28,31). The average molecular weight is 436 g/mol. The molecule has 0 spiro atoms. The average Bonchev–Trinajstić information content (AvgIpc) is 3.53. The molecular weight excluding hydrogens is 409 g/mol. The third kappa shape index (κ3) is 4.50. The minimum Gasteiger partial charge on any atom is -0.378 e. The van der Waals surface area contributed by atoms with E-state index in [1.165, 1.54) is 18.9 Å². The summed E-state index contributed by atoms with van der Waals surface area (Å²) in [4.78, 5) is 24.2. The van der Waals surface area contributed by atoms with Crippen LogP contribution in [0.4, 0.5) is 16.0 Å². The molecular formula is C24H26FN5O2. The smallest absolute Gasteiger partial charge is 0.272 e. The predicted molar refractivity (Wildman–Crippen MR) is 120 cm³/mol. The van der Waals surface area contributed by atoms with E-state index in [2.05, 4.69) is 20.2 Å². The van der Waals surface area contributed by atoms with Crippen molar-refractivity contribution < 1.29 is 13.9 Å². The lowest BCUT2D eigenvalue weighted by atomic mass is 10.2. The van der Waals surface area contributed by atoms with Crippen molar-refractivity contribution in [3.05, 3.63) is 59.9 Å². The molecule has 1 saturated carbocycles. The summed E-state index contributed by atoms with van der Waals surface area (Å²) < 4.78 is 21.3. The Kier molecular flexibility index (Phi) is 5.61. The van der Waals surface area contributed by atoms with Gasteiger partial charge in [0, 0.05) is 55.0 Å². The molecule has 1 N–H and O–H groups in total. The van der Waals surface area contributed by atoms with Crippen LogP contribution in [0.3, 0.4) is 0 Å². The highest BCUT2D eigenvalue weighted by atomic mass is 19.1. The fourth-order valence-electron chi connectivity index (χ4n) is 3.85. The first-order valence-corrected chi connectivity index (χ1v) is 11.0. The van der Waals surface area contributed by atoms with Gasteiger partial charge in [-0.25, -0.2) is 14.4 Å². The van der Waals surface area contributed by atoms with Crippen molar-refractivity contribution in [3.63, 3.8) is 0 Å². The molecule has 0 bridgehead atoms. The molecule has 32 heavy (non-hydrogen) atoms. The van der Waals surface area contributed by atoms with Gasteiger partial charge in [0.05, 0.1) is 13.2 Å². The van der Waals surface area contributed by atoms with E-state index in [1.54, 1.807) is 31.5 Å². The number of anilines is 2. The second kappa shape index (κ2) is 8.70. The molecule has 2 fully saturated rings. The van der Waals surface area contributed by atoms with E-state index >= 15 is 0 Å². The summed E-state index contributed by atoms with van der Waals surface area (Å²) in [5.74, 6) is 0.688. The van der Waals surface area contributed by atoms with Gasteiger partial charge in [0.2, 0.25) is 5.95 Å². The number of ether oxygens (including phenoxy) is 1. The first kappa shape index (κ1) is 20.6. The van der Waals surface area contributed by atoms with Crippen molar-refractivity contribution >= 4 is 17.5 Å². The van der Waals surface area contributed by atoms with Gasteiger partial charge < -0.3 is 19.5 Å². The van der Waals surface area contributed by atoms with Crippen molar-refractivity contribution in [1.82, 2.24) is 14.5 Å². The number of benzene rings is 1. The van der Waals surface area contributed by atoms with E-state index in [1.807, 2.05) is 16.8 Å². The fourth-order valence-corrected chi connectivity index (χ4v) is 3.85. The molecule has 1 aromatic carbocycles. The van der Waals surface area contributed by atoms with Gasteiger partial charge in [-0.05, 0) is 49.4 Å². The predicted octanol–water partition coefficient (Wildman–Crippen LogP) is 3.89. The lowest BCUT2D eigenvalue weighted by Gasteiger charge is -2.26. The highest BCUT2D eigenvalue weighted by Gasteiger charge is 2.25. The van der Waals surface area contributed by atoms with Crippen LogP contribution in [0.5, 0.6) is 0 Å². The van der Waals surface area contributed by atoms with Crippen molar-refractivity contribution in [1.29, 1.82) is 0 Å². The molecule has 2 aromatic heterocycles. The van der Waals surface area contributed by atoms with E-state index in [-0.39, 0.29) is 11.7 Å². The molecule has 3 aromatic rings. The van der Waals surface area contributed by atoms with Gasteiger partial charge in [-0.15, -0.1) is 0 Å². The highest BCUT2D eigenvalue weighted by molar-refractivity contribution is 6.04. The lowest BCUT2D eigenvalue weighted by molar-refractivity contribution is 0.101. The number of carbonyl (C=O) groups is 1. The number of nitrogens with one attached hydrogen (secondary N) is 1. The van der Waals surface area contributed by atoms with Gasteiger partial charge >= 0.3 is 0 Å². The number of hydrogen-bond acceptors (Lipinski definition) is 5. The summed E-state index contributed by atoms with van der Waals surface area (Å²) in [5.41, 5.74) is 3.27. The number of halogens is 1. The van der Waals surface area contributed by atoms with Crippen LogP contribution in [0.2, 0.25) is 0 Å². The molecule has 3 heterocycles. The Morgan fingerprint density at radius 3 is 2.59 bits per heavy atom. The monoisotopic (exact) mass is 435 g/mol. The second-order valence-electron chi connectivity index (χ2n) is 8.50. The van der Waals surface area contributed by atoms with Crippen LogP contribution in [-0.2, 0) is 11.3 Å². The number of amides is 1. The molecule has 0 radical (unpaired) electrons. The molecule has 8 heteroatoms. The zero-order chi connectivity index (χ0) is 22.1. The molecule has 1 saturated heterocycles. The largest absolute Gasteiger partial charge is 0.378 e. The maximum Gasteiger partial charge on any atom is 0.272 e. The molecule has 1 aliphatic heterocycles. The van der Waals surface area contributed by atoms with Crippen LogP contribution < -0.4 is 10.2 Å². The van der Waals surface area contributed by atoms with Gasteiger partial charge in [0.25, 0.3) is 5.91 Å². The summed E-state index contributed by atoms with van der Waals surface area (Å²) in [6.45, 7) is 5.40. The van der Waals surface area contributed by atoms with Gasteiger partial charge in [0.15, 0.2) is 0 Å². The quantitative estimate of drug-likeness (QED) is 0.636. The zero-order valence-electron chi connectivity index (χ0n) is 18.1. The van der Waals surface area contributed by atoms with Crippen molar-refractivity contribution in [2.24, 2.45) is 5.92 Å². The van der Waals surface area contributed by atoms with E-state index in [4.69, 9.17) is 4.74 Å². The second-order valence-corrected chi connectivity index (χ2v) is 8.50. The van der Waals surface area contributed by atoms with Crippen LogP contribution in [0.25, 0.3) is 11.1 Å². The summed E-state index contributed by atoms with van der Waals surface area (Å²) in [6.07, 6.45) is 7.93. The number of aryl methyl sites for hydroxylation is 1. The van der Waals surface area contributed by atoms with Crippen molar-refractivity contribution in [2.45, 2.75) is 26.3 Å². The van der Waals surface area contributed by atoms with Gasteiger partial charge in [0.1, 0.15) is 11.5 Å². The summed E-state index contributed by atoms with van der Waals surface area (Å²) in [5, 5.41) is 2.83. The van der Waals surface area contributed by atoms with Gasteiger partial charge in [-0.3, -0.25) is 4.79 Å². The summed E-state index contributed by atoms with van der Waals surface area (Å²) in [7, 11) is 0. The molecule has 5 rings (SSSR count). The first-order valence-electron chi connectivity index (χ1n) is 11.0. The number of rotatable bonds is 6. The maximum atomic E-state index is 13.9. The van der Waals surface area contributed by atoms with Crippen LogP contribution in [0.15, 0.2) is 42.9 Å². The molecule has 0 atom stereocenters. The molecule has 2 aliphatic rings. The van der Waals surface area contributed by atoms with Gasteiger partial charge in [-0.2, -0.15) is 0 Å². The topological polar surface area (TPSA) is 72.3 Å². The Morgan fingerprint density at radius 2 is 1.91 bits per heavy atom. The highest BCUT2D eigenvalue weighted by Crippen LogP contribution is 2.33. The molecule has 0 unspecified atom stereocenters. The van der Waals surface area contributed by atoms with E-state index in [0.717, 1.165) is 30.8 Å². The number of aromatic nitrogens is 3. The first-order chi connectivity index (χ1) is 15.6. The Hall–Kier alpha value is -3.26. The molecule has 1 aliphatic carbocycles. The Labute approximate surface area is 186 Å². The summed E-state index contributed by atoms with van der Waals surface area (Å²) in [6, 6.07) is 6.58. The van der Waals surface area contributed by atoms with Gasteiger partial charge in [-0.1, -0.05) is 6.07 Å². The van der Waals surface area contributed by atoms with Crippen LogP contribution in [0, 0.1) is 18.7 Å². The fraction of sp³-hybridized carbons (Fsp3) is 0.375. The molecule has 166 valence electrons. The minimum atomic E-state index is -0.339.